The van der Waals surface area contributed by atoms with Crippen LogP contribution in [0.1, 0.15) is 42.5 Å². The predicted molar refractivity (Wildman–Crippen MR) is 107 cm³/mol. The number of rotatable bonds is 1. The fraction of sp³-hybridized carbons (Fsp3) is 0.333. The smallest absolute Gasteiger partial charge is 0 e. The molecule has 0 bridgehead atoms. The molecule has 2 rings (SSSR count). The second-order valence-electron chi connectivity index (χ2n) is 3.17. The fourth-order valence-corrected chi connectivity index (χ4v) is 2.21. The van der Waals surface area contributed by atoms with Gasteiger partial charge in [-0.1, -0.05) is 91.1 Å². The van der Waals surface area contributed by atoms with E-state index >= 15 is 0 Å². The molecule has 2 atom stereocenters. The van der Waals surface area contributed by atoms with Gasteiger partial charge in [-0.3, -0.25) is 0 Å². The molecule has 146 valence electrons. The van der Waals surface area contributed by atoms with E-state index in [4.69, 9.17) is 0 Å². The second kappa shape index (κ2) is 32.0. The van der Waals surface area contributed by atoms with Gasteiger partial charge in [0.05, 0.1) is 0 Å². The molecule has 24 heavy (non-hydrogen) atoms. The molecule has 0 aliphatic heterocycles. The van der Waals surface area contributed by atoms with E-state index in [0.717, 1.165) is 0 Å². The first-order valence-electron chi connectivity index (χ1n) is 6.48. The van der Waals surface area contributed by atoms with Gasteiger partial charge in [-0.2, -0.15) is 0 Å². The van der Waals surface area contributed by atoms with Crippen molar-refractivity contribution < 1.29 is 151 Å². The van der Waals surface area contributed by atoms with Crippen LogP contribution in [-0.4, -0.2) is 0 Å². The molecule has 0 aromatic heterocycles. The van der Waals surface area contributed by atoms with Crippen LogP contribution in [0.3, 0.4) is 0 Å². The van der Waals surface area contributed by atoms with Crippen molar-refractivity contribution in [3.63, 3.8) is 0 Å². The first kappa shape index (κ1) is 46.5. The molecule has 0 aliphatic rings. The first-order valence-corrected chi connectivity index (χ1v) is 7.64. The molecule has 0 fully saturated rings. The maximum Gasteiger partial charge on any atom is 0 e. The maximum absolute atomic E-state index is 2.77. The van der Waals surface area contributed by atoms with Crippen LogP contribution in [0.2, 0.25) is 0 Å². The van der Waals surface area contributed by atoms with E-state index < -0.39 is 0 Å². The minimum absolute atomic E-state index is 0. The van der Waals surface area contributed by atoms with Crippen molar-refractivity contribution in [3.8, 4) is 11.1 Å². The third-order valence-corrected chi connectivity index (χ3v) is 3.22. The molecule has 0 amide bonds. The Labute approximate surface area is 276 Å². The predicted octanol–water partition coefficient (Wildman–Crippen LogP) is 5.68. The summed E-state index contributed by atoms with van der Waals surface area (Å²) >= 11 is 0. The molecule has 0 saturated carbocycles. The number of hydrogen-bond donors (Lipinski definition) is 0. The van der Waals surface area contributed by atoms with Crippen molar-refractivity contribution in [2.24, 2.45) is 0 Å². The van der Waals surface area contributed by atoms with E-state index in [1.807, 2.05) is 27.7 Å². The van der Waals surface area contributed by atoms with E-state index in [2.05, 4.69) is 67.0 Å². The molecule has 0 saturated heterocycles. The van der Waals surface area contributed by atoms with Crippen LogP contribution < -0.4 is 10.6 Å². The Morgan fingerprint density at radius 1 is 0.500 bits per heavy atom. The zero-order chi connectivity index (χ0) is 14.0. The van der Waals surface area contributed by atoms with Gasteiger partial charge in [-0.15, -0.1) is 18.5 Å². The van der Waals surface area contributed by atoms with Gasteiger partial charge in [0.2, 0.25) is 0 Å². The van der Waals surface area contributed by atoms with Gasteiger partial charge in [-0.25, -0.2) is 0 Å². The van der Waals surface area contributed by atoms with Crippen LogP contribution in [0.5, 0.6) is 0 Å². The molecule has 2 aromatic carbocycles. The zero-order valence-corrected chi connectivity index (χ0v) is 18.3. The Hall–Kier alpha value is 4.34. The van der Waals surface area contributed by atoms with Crippen LogP contribution in [0, 0.1) is 151 Å². The van der Waals surface area contributed by atoms with Gasteiger partial charge in [0.15, 0.2) is 0 Å². The van der Waals surface area contributed by atoms with Gasteiger partial charge in [-0.05, 0) is 21.7 Å². The minimum atomic E-state index is 0. The summed E-state index contributed by atoms with van der Waals surface area (Å²) in [6, 6.07) is 16.7. The summed E-state index contributed by atoms with van der Waals surface area (Å²) in [4.78, 5) is 0. The van der Waals surface area contributed by atoms with Gasteiger partial charge in [0, 0.05) is 151 Å². The third-order valence-electron chi connectivity index (χ3n) is 2.21. The molecule has 0 spiro atoms. The van der Waals surface area contributed by atoms with Crippen molar-refractivity contribution in [3.05, 3.63) is 48.5 Å². The van der Waals surface area contributed by atoms with Crippen molar-refractivity contribution in [1.82, 2.24) is 0 Å². The molecular weight excluding hydrogens is 438 g/mol. The summed E-state index contributed by atoms with van der Waals surface area (Å²) in [5.74, 6) is 0. The van der Waals surface area contributed by atoms with E-state index in [-0.39, 0.29) is 166 Å². The van der Waals surface area contributed by atoms with Crippen LogP contribution in [0.15, 0.2) is 48.5 Å². The van der Waals surface area contributed by atoms with Crippen molar-refractivity contribution in [1.29, 1.82) is 0 Å². The molecule has 0 heterocycles. The van der Waals surface area contributed by atoms with E-state index in [0.29, 0.717) is 0 Å². The maximum atomic E-state index is 2.77. The summed E-state index contributed by atoms with van der Waals surface area (Å²) in [5, 5.41) is 2.48. The van der Waals surface area contributed by atoms with E-state index in [9.17, 15) is 0 Å². The average molecular weight is 470 g/mol. The fourth-order valence-electron chi connectivity index (χ4n) is 1.48. The molecular formula is C18H32Ar4P2. The van der Waals surface area contributed by atoms with Gasteiger partial charge < -0.3 is 0 Å². The monoisotopic (exact) mass is 470 g/mol. The SMILES string of the molecule is C.C.CC.CC.Pc1ccccc1-c1ccccc1P.[Ar].[Ar].[Ar].[Ar]. The van der Waals surface area contributed by atoms with Crippen molar-refractivity contribution in [2.75, 3.05) is 0 Å². The normalized spacial score (nSPS) is 6.42. The Morgan fingerprint density at radius 2 is 0.708 bits per heavy atom. The van der Waals surface area contributed by atoms with Crippen LogP contribution in [0.4, 0.5) is 0 Å². The van der Waals surface area contributed by atoms with E-state index in [1.54, 1.807) is 0 Å². The largest absolute Gasteiger partial charge is 0.105 e. The van der Waals surface area contributed by atoms with Crippen LogP contribution in [-0.2, 0) is 0 Å². The quantitative estimate of drug-likeness (QED) is 0.471. The minimum Gasteiger partial charge on any atom is -0.105 e. The molecule has 0 N–H and O–H groups in total. The number of hydrogen-bond acceptors (Lipinski definition) is 0. The Balaban J connectivity index is -0.0000000541. The van der Waals surface area contributed by atoms with Gasteiger partial charge in [0.25, 0.3) is 0 Å². The Kier molecular flexibility index (Phi) is 62.1. The molecule has 0 nitrogen and oxygen atoms in total. The topological polar surface area (TPSA) is 0 Å². The molecule has 2 unspecified atom stereocenters. The first-order chi connectivity index (χ1) is 8.79. The van der Waals surface area contributed by atoms with E-state index in [1.165, 1.54) is 21.7 Å². The third kappa shape index (κ3) is 18.4. The summed E-state index contributed by atoms with van der Waals surface area (Å²) in [5.41, 5.74) is 2.56. The molecule has 0 aliphatic carbocycles. The summed E-state index contributed by atoms with van der Waals surface area (Å²) in [7, 11) is 5.55. The molecule has 0 radical (unpaired) electrons. The molecule has 6 heteroatoms. The Bertz CT molecular complexity index is 423. The van der Waals surface area contributed by atoms with Gasteiger partial charge in [0.1, 0.15) is 0 Å². The summed E-state index contributed by atoms with van der Waals surface area (Å²) in [6.07, 6.45) is 0. The second-order valence-corrected chi connectivity index (χ2v) is 4.42. The average Bonchev–Trinajstić information content (AvgIpc) is 2.45. The summed E-state index contributed by atoms with van der Waals surface area (Å²) < 4.78 is 0. The number of benzene rings is 2. The van der Waals surface area contributed by atoms with Crippen LogP contribution in [0.25, 0.3) is 11.1 Å². The standard InChI is InChI=1S/C12H12P2.2C2H6.2CH4.4Ar/c13-11-7-3-1-5-9(11)10-6-2-4-8-12(10)14;2*1-2;;;;;;/h1-8H,13-14H2;2*1-2H3;2*1H4;;;;. The summed E-state index contributed by atoms with van der Waals surface area (Å²) in [6.45, 7) is 8.00. The zero-order valence-electron chi connectivity index (χ0n) is 13.2. The van der Waals surface area contributed by atoms with Crippen molar-refractivity contribution in [2.45, 2.75) is 42.5 Å². The molecule has 2 aromatic rings. The van der Waals surface area contributed by atoms with Crippen molar-refractivity contribution >= 4 is 29.1 Å². The Morgan fingerprint density at radius 3 is 0.917 bits per heavy atom. The van der Waals surface area contributed by atoms with Crippen LogP contribution >= 0.6 is 18.5 Å². The van der Waals surface area contributed by atoms with Gasteiger partial charge >= 0.3 is 0 Å².